The standard InChI is InChI=1S/C69H117N23O22/c1-33(2)22-42(84-60(105)43(24-38-26-75-32-80-38)85-61(106)45(30-93)87-65(110)54(36(7)95)89-56(101)39(71)25-49(72)97)59(104)82-41(15-11-19-76-69(73)74)58(103)88-53(35(5)6)64(109)83-40(14-9-10-18-70)57(102)86-44(23-34(3)4)66(111)91-20-13-17-48(91)63(108)90-55(37(8)96)67(112)92-21-12-16-47(92)62(107)79-28-51(99)77-27-50(98)78-29-52(100)81-46(31-94)68(113)114/h26,32-37,39-48,53-55,93-96H,9-25,27-31,70-71H2,1-8H3,(H2,72,97)(H,75,80)(H,77,99)(H,78,98)(H,79,107)(H,81,100)(H,82,104)(H,83,109)(H,84,105)(H,85,106)(H,86,102)(H,87,110)(H,88,103)(H,89,101)(H,90,108)(H,113,114)(H4,73,74,76)/t36-,37-,39+,40+,41+,42+,43+,44+,45+,46+,47+,48+,53+,54+,55+/m1/s1. The van der Waals surface area contributed by atoms with Crippen molar-refractivity contribution in [1.82, 2.24) is 94.2 Å². The predicted molar refractivity (Wildman–Crippen MR) is 403 cm³/mol. The van der Waals surface area contributed by atoms with Crippen molar-refractivity contribution in [3.8, 4) is 0 Å². The topological polar surface area (TPSA) is 723 Å². The van der Waals surface area contributed by atoms with E-state index in [0.29, 0.717) is 12.8 Å². The van der Waals surface area contributed by atoms with E-state index in [9.17, 15) is 96.8 Å². The molecule has 3 heterocycles. The fourth-order valence-electron chi connectivity index (χ4n) is 12.2. The first-order chi connectivity index (χ1) is 53.6. The van der Waals surface area contributed by atoms with Crippen molar-refractivity contribution in [2.45, 2.75) is 230 Å². The van der Waals surface area contributed by atoms with Crippen molar-refractivity contribution in [2.75, 3.05) is 59.0 Å². The maximum Gasteiger partial charge on any atom is 0.328 e. The lowest BCUT2D eigenvalue weighted by molar-refractivity contribution is -0.146. The minimum Gasteiger partial charge on any atom is -0.480 e. The molecule has 2 aliphatic rings. The molecule has 0 aliphatic carbocycles. The number of carboxylic acid groups (broad SMARTS) is 1. The zero-order valence-corrected chi connectivity index (χ0v) is 65.4. The molecule has 0 bridgehead atoms. The first-order valence-corrected chi connectivity index (χ1v) is 37.7. The largest absolute Gasteiger partial charge is 0.480 e. The molecular formula is C69H117N23O22. The van der Waals surface area contributed by atoms with Gasteiger partial charge in [0.2, 0.25) is 94.5 Å². The van der Waals surface area contributed by atoms with E-state index in [4.69, 9.17) is 38.6 Å². The number of hydrogen-bond donors (Lipinski definition) is 25. The second-order valence-electron chi connectivity index (χ2n) is 29.1. The molecular weight excluding hydrogens is 1500 g/mol. The lowest BCUT2D eigenvalue weighted by Crippen LogP contribution is -2.62. The van der Waals surface area contributed by atoms with Crippen LogP contribution < -0.4 is 97.4 Å². The zero-order valence-electron chi connectivity index (χ0n) is 65.4. The number of carbonyl (C=O) groups excluding carboxylic acids is 16. The highest BCUT2D eigenvalue weighted by Crippen LogP contribution is 2.24. The summed E-state index contributed by atoms with van der Waals surface area (Å²) in [6.45, 7) is 8.68. The van der Waals surface area contributed by atoms with E-state index in [-0.39, 0.29) is 108 Å². The van der Waals surface area contributed by atoms with Crippen molar-refractivity contribution in [1.29, 1.82) is 5.41 Å². The van der Waals surface area contributed by atoms with Crippen LogP contribution in [0.4, 0.5) is 0 Å². The van der Waals surface area contributed by atoms with Gasteiger partial charge in [0.1, 0.15) is 72.5 Å². The van der Waals surface area contributed by atoms with Gasteiger partial charge in [0.15, 0.2) is 5.96 Å². The van der Waals surface area contributed by atoms with Gasteiger partial charge in [0.25, 0.3) is 0 Å². The molecule has 640 valence electrons. The number of aliphatic hydroxyl groups is 4. The third-order valence-corrected chi connectivity index (χ3v) is 18.2. The van der Waals surface area contributed by atoms with Gasteiger partial charge in [-0.05, 0) is 109 Å². The molecule has 2 fully saturated rings. The average Bonchev–Trinajstić information content (AvgIpc) is 1.62. The van der Waals surface area contributed by atoms with Crippen LogP contribution in [0, 0.1) is 23.2 Å². The molecule has 0 saturated carbocycles. The molecule has 16 amide bonds. The molecule has 0 radical (unpaired) electrons. The Morgan fingerprint density at radius 3 is 1.51 bits per heavy atom. The number of nitrogens with one attached hydrogen (secondary N) is 16. The highest BCUT2D eigenvalue weighted by Gasteiger charge is 2.45. The minimum atomic E-state index is -1.84. The normalized spacial score (nSPS) is 17.3. The summed E-state index contributed by atoms with van der Waals surface area (Å²) in [5.74, 6) is -18.1. The van der Waals surface area contributed by atoms with E-state index in [1.54, 1.807) is 41.5 Å². The van der Waals surface area contributed by atoms with Gasteiger partial charge in [0.05, 0.1) is 69.5 Å². The first-order valence-electron chi connectivity index (χ1n) is 37.7. The Bertz CT molecular complexity index is 3470. The summed E-state index contributed by atoms with van der Waals surface area (Å²) in [6, 6.07) is -19.6. The van der Waals surface area contributed by atoms with Crippen molar-refractivity contribution in [3.05, 3.63) is 18.2 Å². The molecule has 2 saturated heterocycles. The zero-order chi connectivity index (χ0) is 85.8. The van der Waals surface area contributed by atoms with Crippen molar-refractivity contribution >= 4 is 106 Å². The Kier molecular flexibility index (Phi) is 41.9. The summed E-state index contributed by atoms with van der Waals surface area (Å²) in [5.41, 5.74) is 22.4. The Morgan fingerprint density at radius 2 is 0.982 bits per heavy atom. The molecule has 1 aromatic rings. The Balaban J connectivity index is 1.84. The molecule has 0 unspecified atom stereocenters. The summed E-state index contributed by atoms with van der Waals surface area (Å²) in [7, 11) is 0. The third-order valence-electron chi connectivity index (χ3n) is 18.2. The van der Waals surface area contributed by atoms with E-state index in [0.717, 1.165) is 11.8 Å². The van der Waals surface area contributed by atoms with E-state index >= 15 is 0 Å². The number of nitrogens with zero attached hydrogens (tertiary/aromatic N) is 3. The molecule has 0 spiro atoms. The number of aliphatic carboxylic acids is 1. The van der Waals surface area contributed by atoms with Crippen molar-refractivity contribution < 1.29 is 107 Å². The van der Waals surface area contributed by atoms with Gasteiger partial charge in [-0.2, -0.15) is 0 Å². The van der Waals surface area contributed by atoms with Crippen LogP contribution in [0.5, 0.6) is 0 Å². The van der Waals surface area contributed by atoms with Crippen LogP contribution in [0.1, 0.15) is 138 Å². The molecule has 0 aromatic carbocycles. The minimum absolute atomic E-state index is 0.00450. The van der Waals surface area contributed by atoms with Crippen LogP contribution in [-0.4, -0.2) is 302 Å². The number of primary amides is 1. The molecule has 2 aliphatic heterocycles. The number of aliphatic hydroxyl groups excluding tert-OH is 4. The maximum absolute atomic E-state index is 14.8. The number of carboxylic acids is 1. The number of carbonyl (C=O) groups is 17. The molecule has 15 atom stereocenters. The van der Waals surface area contributed by atoms with Gasteiger partial charge in [-0.15, -0.1) is 0 Å². The highest BCUT2D eigenvalue weighted by molar-refractivity contribution is 6.01. The summed E-state index contributed by atoms with van der Waals surface area (Å²) in [5, 5.41) is 91.6. The number of aromatic amines is 1. The van der Waals surface area contributed by atoms with Crippen LogP contribution >= 0.6 is 0 Å². The fourth-order valence-corrected chi connectivity index (χ4v) is 12.2. The third kappa shape index (κ3) is 33.1. The number of likely N-dealkylation sites (tertiary alicyclic amines) is 2. The Morgan fingerprint density at radius 1 is 0.518 bits per heavy atom. The van der Waals surface area contributed by atoms with Crippen LogP contribution in [0.2, 0.25) is 0 Å². The fraction of sp³-hybridized carbons (Fsp3) is 0.696. The first kappa shape index (κ1) is 97.4. The second-order valence-corrected chi connectivity index (χ2v) is 29.1. The molecule has 114 heavy (non-hydrogen) atoms. The Hall–Kier alpha value is -10.8. The summed E-state index contributed by atoms with van der Waals surface area (Å²) in [6.07, 6.45) is -0.273. The van der Waals surface area contributed by atoms with Crippen LogP contribution in [0.25, 0.3) is 0 Å². The van der Waals surface area contributed by atoms with Gasteiger partial charge in [-0.25, -0.2) is 9.78 Å². The smallest absolute Gasteiger partial charge is 0.328 e. The molecule has 45 heteroatoms. The van der Waals surface area contributed by atoms with Crippen LogP contribution in [0.3, 0.4) is 0 Å². The van der Waals surface area contributed by atoms with Crippen LogP contribution in [0.15, 0.2) is 12.5 Å². The molecule has 3 rings (SSSR count). The van der Waals surface area contributed by atoms with E-state index < -0.39 is 242 Å². The monoisotopic (exact) mass is 1620 g/mol. The summed E-state index contributed by atoms with van der Waals surface area (Å²) < 4.78 is 0. The number of unbranched alkanes of at least 4 members (excludes halogenated alkanes) is 1. The number of nitrogens with two attached hydrogens (primary N) is 4. The number of amides is 16. The molecule has 45 nitrogen and oxygen atoms in total. The highest BCUT2D eigenvalue weighted by atomic mass is 16.4. The summed E-state index contributed by atoms with van der Waals surface area (Å²) in [4.78, 5) is 238. The van der Waals surface area contributed by atoms with Gasteiger partial charge in [0, 0.05) is 32.3 Å². The van der Waals surface area contributed by atoms with E-state index in [2.05, 4.69) is 79.1 Å². The van der Waals surface area contributed by atoms with Gasteiger partial charge in [-0.3, -0.25) is 82.1 Å². The predicted octanol–water partition coefficient (Wildman–Crippen LogP) is -10.7. The van der Waals surface area contributed by atoms with Crippen LogP contribution in [-0.2, 0) is 87.9 Å². The van der Waals surface area contributed by atoms with E-state index in [1.165, 1.54) is 24.3 Å². The van der Waals surface area contributed by atoms with Gasteiger partial charge in [-0.1, -0.05) is 41.5 Å². The lowest BCUT2D eigenvalue weighted by Gasteiger charge is -2.33. The van der Waals surface area contributed by atoms with Crippen molar-refractivity contribution in [2.24, 2.45) is 40.7 Å². The number of imidazole rings is 1. The molecule has 29 N–H and O–H groups in total. The van der Waals surface area contributed by atoms with E-state index in [1.807, 2.05) is 5.32 Å². The van der Waals surface area contributed by atoms with Gasteiger partial charge >= 0.3 is 5.97 Å². The number of guanidine groups is 1. The summed E-state index contributed by atoms with van der Waals surface area (Å²) >= 11 is 0. The number of hydrogen-bond acceptors (Lipinski definition) is 25. The van der Waals surface area contributed by atoms with Crippen molar-refractivity contribution in [3.63, 3.8) is 0 Å². The number of rotatable bonds is 50. The molecule has 1 aromatic heterocycles. The Labute approximate surface area is 658 Å². The SMILES string of the molecule is CC(C)C[C@H](NC(=O)[C@H](Cc1c[nH]cn1)NC(=O)[C@H](CO)NC(=O)[C@@H](NC(=O)[C@@H](N)CC(N)=O)[C@@H](C)O)C(=O)N[C@@H](CCCNC(=N)N)C(=O)N[C@H](C(=O)N[C@@H](CCCCN)C(=O)N[C@@H](CC(C)C)C(=O)N1CCC[C@H]1C(=O)N[C@H](C(=O)N1CCC[C@H]1C(=O)NCC(=O)NCC(=O)NCC(=O)N[C@@H](CO)C(=O)O)[C@@H](C)O)C(C)C. The lowest BCUT2D eigenvalue weighted by atomic mass is 9.99. The average molecular weight is 1620 g/mol. The quantitative estimate of drug-likeness (QED) is 0.0164. The van der Waals surface area contributed by atoms with Gasteiger partial charge < -0.3 is 138 Å². The second kappa shape index (κ2) is 49.0. The number of aromatic nitrogens is 2. The number of H-pyrrole nitrogens is 1. The maximum atomic E-state index is 14.8.